The number of piperazine rings is 1. The number of nitrogens with one attached hydrogen (secondary N) is 1. The molecule has 0 aromatic heterocycles. The Morgan fingerprint density at radius 2 is 1.83 bits per heavy atom. The Bertz CT molecular complexity index is 568. The minimum absolute atomic E-state index is 0.171. The van der Waals surface area contributed by atoms with E-state index in [2.05, 4.69) is 24.1 Å². The van der Waals surface area contributed by atoms with E-state index in [0.29, 0.717) is 37.0 Å². The van der Waals surface area contributed by atoms with Crippen LogP contribution in [-0.4, -0.2) is 60.6 Å². The molecule has 132 valence electrons. The fourth-order valence-corrected chi connectivity index (χ4v) is 2.80. The number of hydrogen-bond donors (Lipinski definition) is 1. The fraction of sp³-hybridized carbons (Fsp3) is 0.556. The summed E-state index contributed by atoms with van der Waals surface area (Å²) in [5.41, 5.74) is 0.872. The van der Waals surface area contributed by atoms with Gasteiger partial charge in [0, 0.05) is 32.2 Å². The average Bonchev–Trinajstić information content (AvgIpc) is 2.61. The van der Waals surface area contributed by atoms with Crippen molar-refractivity contribution in [1.29, 1.82) is 0 Å². The molecule has 6 heteroatoms. The van der Waals surface area contributed by atoms with Gasteiger partial charge in [-0.05, 0) is 32.4 Å². The van der Waals surface area contributed by atoms with Crippen LogP contribution in [0.15, 0.2) is 24.3 Å². The number of hydrogen-bond acceptors (Lipinski definition) is 4. The average molecular weight is 333 g/mol. The summed E-state index contributed by atoms with van der Waals surface area (Å²) in [5.74, 6) is -0.421. The number of amides is 2. The summed E-state index contributed by atoms with van der Waals surface area (Å²) >= 11 is 0. The smallest absolute Gasteiger partial charge is 0.340 e. The molecule has 1 unspecified atom stereocenters. The van der Waals surface area contributed by atoms with E-state index >= 15 is 0 Å². The van der Waals surface area contributed by atoms with E-state index in [4.69, 9.17) is 4.74 Å². The van der Waals surface area contributed by atoms with E-state index < -0.39 is 5.97 Å². The standard InChI is InChI=1S/C18H27N3O3/c1-4-14(3)20-10-12-21(13-11-20)18(23)19-16-9-7-6-8-15(16)17(22)24-5-2/h6-9,14H,4-5,10-13H2,1-3H3,(H,19,23). The SMILES string of the molecule is CCOC(=O)c1ccccc1NC(=O)N1CCN(C(C)CC)CC1. The molecule has 0 spiro atoms. The zero-order valence-electron chi connectivity index (χ0n) is 14.7. The van der Waals surface area contributed by atoms with Gasteiger partial charge in [0.1, 0.15) is 0 Å². The van der Waals surface area contributed by atoms with Crippen LogP contribution in [0.4, 0.5) is 10.5 Å². The molecule has 0 aliphatic carbocycles. The molecule has 2 amide bonds. The van der Waals surface area contributed by atoms with Gasteiger partial charge in [-0.1, -0.05) is 19.1 Å². The maximum atomic E-state index is 12.5. The number of urea groups is 1. The Morgan fingerprint density at radius 1 is 1.17 bits per heavy atom. The number of esters is 1. The van der Waals surface area contributed by atoms with Crippen molar-refractivity contribution >= 4 is 17.7 Å². The lowest BCUT2D eigenvalue weighted by Gasteiger charge is -2.37. The molecular weight excluding hydrogens is 306 g/mol. The minimum atomic E-state index is -0.421. The van der Waals surface area contributed by atoms with Crippen LogP contribution in [0, 0.1) is 0 Å². The maximum Gasteiger partial charge on any atom is 0.340 e. The van der Waals surface area contributed by atoms with E-state index in [9.17, 15) is 9.59 Å². The molecule has 2 rings (SSSR count). The van der Waals surface area contributed by atoms with Crippen LogP contribution in [0.2, 0.25) is 0 Å². The van der Waals surface area contributed by atoms with Crippen molar-refractivity contribution < 1.29 is 14.3 Å². The molecule has 1 N–H and O–H groups in total. The monoisotopic (exact) mass is 333 g/mol. The number of rotatable bonds is 5. The highest BCUT2D eigenvalue weighted by Gasteiger charge is 2.24. The van der Waals surface area contributed by atoms with Crippen LogP contribution < -0.4 is 5.32 Å². The van der Waals surface area contributed by atoms with Gasteiger partial charge in [-0.2, -0.15) is 0 Å². The van der Waals surface area contributed by atoms with Gasteiger partial charge < -0.3 is 15.0 Å². The molecule has 1 aromatic rings. The van der Waals surface area contributed by atoms with Gasteiger partial charge in [-0.25, -0.2) is 9.59 Å². The number of anilines is 1. The van der Waals surface area contributed by atoms with Gasteiger partial charge in [0.05, 0.1) is 17.9 Å². The van der Waals surface area contributed by atoms with E-state index in [0.717, 1.165) is 19.5 Å². The third-order valence-electron chi connectivity index (χ3n) is 4.48. The topological polar surface area (TPSA) is 61.9 Å². The van der Waals surface area contributed by atoms with Gasteiger partial charge in [0.2, 0.25) is 0 Å². The van der Waals surface area contributed by atoms with Crippen LogP contribution >= 0.6 is 0 Å². The third kappa shape index (κ3) is 4.47. The van der Waals surface area contributed by atoms with Crippen LogP contribution in [0.3, 0.4) is 0 Å². The predicted molar refractivity (Wildman–Crippen MR) is 94.3 cm³/mol. The van der Waals surface area contributed by atoms with Crippen molar-refractivity contribution in [2.24, 2.45) is 0 Å². The predicted octanol–water partition coefficient (Wildman–Crippen LogP) is 2.81. The molecule has 1 heterocycles. The first kappa shape index (κ1) is 18.3. The van der Waals surface area contributed by atoms with Crippen molar-refractivity contribution in [2.45, 2.75) is 33.2 Å². The van der Waals surface area contributed by atoms with Gasteiger partial charge >= 0.3 is 12.0 Å². The molecule has 1 saturated heterocycles. The largest absolute Gasteiger partial charge is 0.462 e. The first-order valence-corrected chi connectivity index (χ1v) is 8.62. The van der Waals surface area contributed by atoms with Crippen LogP contribution in [0.1, 0.15) is 37.6 Å². The first-order valence-electron chi connectivity index (χ1n) is 8.62. The van der Waals surface area contributed by atoms with Gasteiger partial charge in [-0.15, -0.1) is 0 Å². The molecular formula is C18H27N3O3. The number of nitrogens with zero attached hydrogens (tertiary/aromatic N) is 2. The molecule has 1 fully saturated rings. The van der Waals surface area contributed by atoms with Crippen molar-refractivity contribution in [3.63, 3.8) is 0 Å². The van der Waals surface area contributed by atoms with Gasteiger partial charge in [-0.3, -0.25) is 4.90 Å². The lowest BCUT2D eigenvalue weighted by atomic mass is 10.1. The molecule has 1 aromatic carbocycles. The number of benzene rings is 1. The zero-order chi connectivity index (χ0) is 17.5. The molecule has 0 radical (unpaired) electrons. The molecule has 1 aliphatic rings. The summed E-state index contributed by atoms with van der Waals surface area (Å²) < 4.78 is 5.04. The molecule has 6 nitrogen and oxygen atoms in total. The highest BCUT2D eigenvalue weighted by Crippen LogP contribution is 2.17. The Morgan fingerprint density at radius 3 is 2.46 bits per heavy atom. The molecule has 1 atom stereocenters. The molecule has 1 aliphatic heterocycles. The second kappa shape index (κ2) is 8.68. The summed E-state index contributed by atoms with van der Waals surface area (Å²) in [4.78, 5) is 28.7. The van der Waals surface area contributed by atoms with Crippen LogP contribution in [0.25, 0.3) is 0 Å². The number of para-hydroxylation sites is 1. The third-order valence-corrected chi connectivity index (χ3v) is 4.48. The summed E-state index contributed by atoms with van der Waals surface area (Å²) in [6.07, 6.45) is 1.11. The second-order valence-corrected chi connectivity index (χ2v) is 5.98. The molecule has 24 heavy (non-hydrogen) atoms. The van der Waals surface area contributed by atoms with Crippen LogP contribution in [-0.2, 0) is 4.74 Å². The molecule has 0 bridgehead atoms. The summed E-state index contributed by atoms with van der Waals surface area (Å²) in [6, 6.07) is 7.30. The van der Waals surface area contributed by atoms with Crippen molar-refractivity contribution in [3.05, 3.63) is 29.8 Å². The first-order chi connectivity index (χ1) is 11.6. The lowest BCUT2D eigenvalue weighted by Crippen LogP contribution is -2.52. The van der Waals surface area contributed by atoms with Crippen molar-refractivity contribution in [2.75, 3.05) is 38.1 Å². The minimum Gasteiger partial charge on any atom is -0.462 e. The Labute approximate surface area is 143 Å². The maximum absolute atomic E-state index is 12.5. The summed E-state index contributed by atoms with van der Waals surface area (Å²) in [7, 11) is 0. The summed E-state index contributed by atoms with van der Waals surface area (Å²) in [6.45, 7) is 9.59. The highest BCUT2D eigenvalue weighted by molar-refractivity contribution is 6.00. The second-order valence-electron chi connectivity index (χ2n) is 5.98. The number of ether oxygens (including phenoxy) is 1. The normalized spacial score (nSPS) is 16.5. The fourth-order valence-electron chi connectivity index (χ4n) is 2.80. The Hall–Kier alpha value is -2.08. The lowest BCUT2D eigenvalue weighted by molar-refractivity contribution is 0.0527. The molecule has 0 saturated carbocycles. The zero-order valence-corrected chi connectivity index (χ0v) is 14.7. The number of carbonyl (C=O) groups is 2. The number of carbonyl (C=O) groups excluding carboxylic acids is 2. The van der Waals surface area contributed by atoms with E-state index in [1.54, 1.807) is 36.1 Å². The van der Waals surface area contributed by atoms with E-state index in [1.807, 2.05) is 0 Å². The van der Waals surface area contributed by atoms with E-state index in [-0.39, 0.29) is 6.03 Å². The van der Waals surface area contributed by atoms with Crippen molar-refractivity contribution in [3.8, 4) is 0 Å². The highest BCUT2D eigenvalue weighted by atomic mass is 16.5. The van der Waals surface area contributed by atoms with Crippen molar-refractivity contribution in [1.82, 2.24) is 9.80 Å². The quantitative estimate of drug-likeness (QED) is 0.842. The summed E-state index contributed by atoms with van der Waals surface area (Å²) in [5, 5.41) is 2.85. The van der Waals surface area contributed by atoms with Gasteiger partial charge in [0.15, 0.2) is 0 Å². The Balaban J connectivity index is 1.97. The van der Waals surface area contributed by atoms with Gasteiger partial charge in [0.25, 0.3) is 0 Å². The van der Waals surface area contributed by atoms with Crippen LogP contribution in [0.5, 0.6) is 0 Å². The Kier molecular flexibility index (Phi) is 6.61. The van der Waals surface area contributed by atoms with E-state index in [1.165, 1.54) is 0 Å².